The van der Waals surface area contributed by atoms with E-state index in [9.17, 15) is 31.1 Å². The molecule has 0 amide bonds. The van der Waals surface area contributed by atoms with Crippen LogP contribution in [0.5, 0.6) is 11.5 Å². The van der Waals surface area contributed by atoms with Crippen molar-refractivity contribution in [2.45, 2.75) is 12.7 Å². The Bertz CT molecular complexity index is 437. The minimum Gasteiger partial charge on any atom is -0.406 e. The summed E-state index contributed by atoms with van der Waals surface area (Å²) in [6.07, 6.45) is -10.2. The highest BCUT2D eigenvalue weighted by Gasteiger charge is 2.34. The molecule has 1 aromatic rings. The van der Waals surface area contributed by atoms with E-state index in [2.05, 4.69) is 9.47 Å². The van der Waals surface area contributed by atoms with Crippen molar-refractivity contribution in [1.82, 2.24) is 0 Å². The number of carbonyl (C=O) groups is 1. The zero-order valence-electron chi connectivity index (χ0n) is 8.30. The monoisotopic (exact) mass is 274 g/mol. The number of hydrogen-bond acceptors (Lipinski definition) is 3. The molecule has 1 rings (SSSR count). The molecule has 3 nitrogen and oxygen atoms in total. The molecule has 1 aromatic carbocycles. The molecule has 0 aliphatic carbocycles. The third-order valence-electron chi connectivity index (χ3n) is 1.57. The molecule has 0 aliphatic heterocycles. The van der Waals surface area contributed by atoms with Crippen LogP contribution in [0, 0.1) is 0 Å². The second-order valence-corrected chi connectivity index (χ2v) is 2.91. The highest BCUT2D eigenvalue weighted by Crippen LogP contribution is 2.31. The summed E-state index contributed by atoms with van der Waals surface area (Å²) in [7, 11) is 0. The highest BCUT2D eigenvalue weighted by molar-refractivity contribution is 5.79. The SMILES string of the molecule is O=Cc1ccc(OC(F)(F)F)cc1OC(F)(F)F. The summed E-state index contributed by atoms with van der Waals surface area (Å²) in [6.45, 7) is 0. The number of ether oxygens (including phenoxy) is 2. The van der Waals surface area contributed by atoms with Gasteiger partial charge in [-0.2, -0.15) is 0 Å². The van der Waals surface area contributed by atoms with E-state index in [1.54, 1.807) is 0 Å². The molecule has 0 radical (unpaired) electrons. The van der Waals surface area contributed by atoms with E-state index in [-0.39, 0.29) is 6.29 Å². The molecule has 0 N–H and O–H groups in total. The lowest BCUT2D eigenvalue weighted by molar-refractivity contribution is -0.276. The first-order chi connectivity index (χ1) is 8.11. The summed E-state index contributed by atoms with van der Waals surface area (Å²) in [5.41, 5.74) is -0.554. The van der Waals surface area contributed by atoms with Crippen molar-refractivity contribution in [2.75, 3.05) is 0 Å². The van der Waals surface area contributed by atoms with Gasteiger partial charge in [0.1, 0.15) is 11.5 Å². The summed E-state index contributed by atoms with van der Waals surface area (Å²) in [6, 6.07) is 1.74. The van der Waals surface area contributed by atoms with Gasteiger partial charge in [0.15, 0.2) is 6.29 Å². The summed E-state index contributed by atoms with van der Waals surface area (Å²) < 4.78 is 78.1. The molecule has 0 fully saturated rings. The van der Waals surface area contributed by atoms with Crippen molar-refractivity contribution in [3.05, 3.63) is 23.8 Å². The molecule has 0 saturated carbocycles. The van der Waals surface area contributed by atoms with Crippen LogP contribution in [0.25, 0.3) is 0 Å². The largest absolute Gasteiger partial charge is 0.573 e. The molecule has 0 saturated heterocycles. The smallest absolute Gasteiger partial charge is 0.406 e. The maximum absolute atomic E-state index is 11.9. The van der Waals surface area contributed by atoms with E-state index < -0.39 is 29.8 Å². The number of carbonyl (C=O) groups excluding carboxylic acids is 1. The Morgan fingerprint density at radius 1 is 0.944 bits per heavy atom. The van der Waals surface area contributed by atoms with Gasteiger partial charge in [0.25, 0.3) is 0 Å². The lowest BCUT2D eigenvalue weighted by Gasteiger charge is -2.13. The van der Waals surface area contributed by atoms with Crippen LogP contribution in [-0.2, 0) is 0 Å². The lowest BCUT2D eigenvalue weighted by Crippen LogP contribution is -2.19. The first-order valence-electron chi connectivity index (χ1n) is 4.21. The van der Waals surface area contributed by atoms with Crippen LogP contribution in [0.1, 0.15) is 10.4 Å². The zero-order chi connectivity index (χ0) is 14.0. The van der Waals surface area contributed by atoms with Crippen LogP contribution in [-0.4, -0.2) is 19.0 Å². The topological polar surface area (TPSA) is 35.5 Å². The standard InChI is InChI=1S/C9H4F6O3/c10-8(11,12)17-6-2-1-5(4-16)7(3-6)18-9(13,14)15/h1-4H. The first-order valence-corrected chi connectivity index (χ1v) is 4.21. The molecule has 9 heteroatoms. The van der Waals surface area contributed by atoms with Crippen molar-refractivity contribution in [3.8, 4) is 11.5 Å². The van der Waals surface area contributed by atoms with Gasteiger partial charge in [-0.15, -0.1) is 26.3 Å². The molecule has 0 aliphatic rings. The molecule has 0 heterocycles. The number of aldehydes is 1. The summed E-state index contributed by atoms with van der Waals surface area (Å²) in [5, 5.41) is 0. The minimum atomic E-state index is -5.13. The van der Waals surface area contributed by atoms with E-state index in [4.69, 9.17) is 0 Å². The molecular formula is C9H4F6O3. The maximum atomic E-state index is 11.9. The molecule has 0 atom stereocenters. The summed E-state index contributed by atoms with van der Waals surface area (Å²) >= 11 is 0. The van der Waals surface area contributed by atoms with Crippen LogP contribution in [0.2, 0.25) is 0 Å². The quantitative estimate of drug-likeness (QED) is 0.626. The van der Waals surface area contributed by atoms with Crippen molar-refractivity contribution in [1.29, 1.82) is 0 Å². The van der Waals surface area contributed by atoms with E-state index in [0.717, 1.165) is 6.07 Å². The number of hydrogen-bond donors (Lipinski definition) is 0. The highest BCUT2D eigenvalue weighted by atomic mass is 19.4. The number of rotatable bonds is 3. The normalized spacial score (nSPS) is 12.1. The maximum Gasteiger partial charge on any atom is 0.573 e. The predicted molar refractivity (Wildman–Crippen MR) is 45.2 cm³/mol. The van der Waals surface area contributed by atoms with Gasteiger partial charge >= 0.3 is 12.7 Å². The third kappa shape index (κ3) is 4.52. The van der Waals surface area contributed by atoms with Crippen LogP contribution in [0.15, 0.2) is 18.2 Å². The molecule has 0 bridgehead atoms. The fraction of sp³-hybridized carbons (Fsp3) is 0.222. The van der Waals surface area contributed by atoms with E-state index >= 15 is 0 Å². The summed E-state index contributed by atoms with van der Waals surface area (Å²) in [5.74, 6) is -1.99. The Labute approximate surface area is 95.9 Å². The Morgan fingerprint density at radius 2 is 1.50 bits per heavy atom. The zero-order valence-corrected chi connectivity index (χ0v) is 8.30. The van der Waals surface area contributed by atoms with Gasteiger partial charge in [0.2, 0.25) is 0 Å². The molecular weight excluding hydrogens is 270 g/mol. The Kier molecular flexibility index (Phi) is 3.73. The van der Waals surface area contributed by atoms with E-state index in [1.165, 1.54) is 0 Å². The summed E-state index contributed by atoms with van der Waals surface area (Å²) in [4.78, 5) is 10.4. The van der Waals surface area contributed by atoms with E-state index in [0.29, 0.717) is 12.1 Å². The average Bonchev–Trinajstić information content (AvgIpc) is 2.12. The molecule has 18 heavy (non-hydrogen) atoms. The average molecular weight is 274 g/mol. The van der Waals surface area contributed by atoms with Gasteiger partial charge in [-0.25, -0.2) is 0 Å². The fourth-order valence-corrected chi connectivity index (χ4v) is 1.02. The second kappa shape index (κ2) is 4.75. The molecule has 0 unspecified atom stereocenters. The van der Waals surface area contributed by atoms with E-state index in [1.807, 2.05) is 0 Å². The van der Waals surface area contributed by atoms with Crippen LogP contribution in [0.4, 0.5) is 26.3 Å². The third-order valence-corrected chi connectivity index (χ3v) is 1.57. The van der Waals surface area contributed by atoms with Crippen molar-refractivity contribution in [2.24, 2.45) is 0 Å². The van der Waals surface area contributed by atoms with Gasteiger partial charge in [0.05, 0.1) is 5.56 Å². The van der Waals surface area contributed by atoms with Crippen molar-refractivity contribution in [3.63, 3.8) is 0 Å². The Hall–Kier alpha value is -1.93. The Balaban J connectivity index is 3.06. The van der Waals surface area contributed by atoms with Gasteiger partial charge < -0.3 is 9.47 Å². The molecule has 100 valence electrons. The molecule has 0 aromatic heterocycles. The van der Waals surface area contributed by atoms with Gasteiger partial charge in [0, 0.05) is 6.07 Å². The van der Waals surface area contributed by atoms with Gasteiger partial charge in [-0.05, 0) is 12.1 Å². The van der Waals surface area contributed by atoms with Crippen LogP contribution in [0.3, 0.4) is 0 Å². The van der Waals surface area contributed by atoms with Crippen LogP contribution >= 0.6 is 0 Å². The molecule has 0 spiro atoms. The van der Waals surface area contributed by atoms with Crippen molar-refractivity contribution < 1.29 is 40.6 Å². The fourth-order valence-electron chi connectivity index (χ4n) is 1.02. The lowest BCUT2D eigenvalue weighted by atomic mass is 10.2. The number of benzene rings is 1. The Morgan fingerprint density at radius 3 is 1.94 bits per heavy atom. The number of halogens is 6. The van der Waals surface area contributed by atoms with Crippen molar-refractivity contribution >= 4 is 6.29 Å². The van der Waals surface area contributed by atoms with Crippen LogP contribution < -0.4 is 9.47 Å². The second-order valence-electron chi connectivity index (χ2n) is 2.91. The first kappa shape index (κ1) is 14.1. The minimum absolute atomic E-state index is 0.0123. The van der Waals surface area contributed by atoms with Gasteiger partial charge in [-0.1, -0.05) is 0 Å². The van der Waals surface area contributed by atoms with Gasteiger partial charge in [-0.3, -0.25) is 4.79 Å². The predicted octanol–water partition coefficient (Wildman–Crippen LogP) is 3.30. The number of alkyl halides is 6.